The minimum absolute atomic E-state index is 0.0604. The molecule has 0 aliphatic rings. The SMILES string of the molecule is N#Cc1ccc(Cc2[nH]cnc2CO)cc1. The van der Waals surface area contributed by atoms with Gasteiger partial charge in [-0.15, -0.1) is 0 Å². The fourth-order valence-electron chi connectivity index (χ4n) is 1.54. The Kier molecular flexibility index (Phi) is 2.99. The number of imidazole rings is 1. The predicted molar refractivity (Wildman–Crippen MR) is 58.5 cm³/mol. The molecule has 0 unspecified atom stereocenters. The van der Waals surface area contributed by atoms with Crippen LogP contribution < -0.4 is 0 Å². The Morgan fingerprint density at radius 3 is 2.69 bits per heavy atom. The number of hydrogen-bond acceptors (Lipinski definition) is 3. The highest BCUT2D eigenvalue weighted by atomic mass is 16.3. The van der Waals surface area contributed by atoms with Gasteiger partial charge in [-0.25, -0.2) is 4.98 Å². The van der Waals surface area contributed by atoms with Gasteiger partial charge in [0.25, 0.3) is 0 Å². The molecule has 0 bridgehead atoms. The van der Waals surface area contributed by atoms with Gasteiger partial charge in [-0.3, -0.25) is 0 Å². The van der Waals surface area contributed by atoms with E-state index in [1.54, 1.807) is 18.5 Å². The van der Waals surface area contributed by atoms with Crippen LogP contribution in [0.4, 0.5) is 0 Å². The molecule has 16 heavy (non-hydrogen) atoms. The van der Waals surface area contributed by atoms with Crippen molar-refractivity contribution in [2.45, 2.75) is 13.0 Å². The Labute approximate surface area is 93.2 Å². The van der Waals surface area contributed by atoms with Gasteiger partial charge in [0.15, 0.2) is 0 Å². The summed E-state index contributed by atoms with van der Waals surface area (Å²) in [5.41, 5.74) is 3.31. The van der Waals surface area contributed by atoms with E-state index in [4.69, 9.17) is 10.4 Å². The van der Waals surface area contributed by atoms with Crippen LogP contribution in [0.15, 0.2) is 30.6 Å². The van der Waals surface area contributed by atoms with Crippen LogP contribution in [-0.2, 0) is 13.0 Å². The van der Waals surface area contributed by atoms with E-state index in [1.165, 1.54) is 0 Å². The molecule has 4 nitrogen and oxygen atoms in total. The van der Waals surface area contributed by atoms with Gasteiger partial charge < -0.3 is 10.1 Å². The van der Waals surface area contributed by atoms with Gasteiger partial charge >= 0.3 is 0 Å². The first kappa shape index (κ1) is 10.4. The number of aliphatic hydroxyl groups is 1. The summed E-state index contributed by atoms with van der Waals surface area (Å²) in [6, 6.07) is 9.45. The number of H-pyrrole nitrogens is 1. The number of nitrogens with zero attached hydrogens (tertiary/aromatic N) is 2. The summed E-state index contributed by atoms with van der Waals surface area (Å²) < 4.78 is 0. The molecule has 2 rings (SSSR count). The van der Waals surface area contributed by atoms with Gasteiger partial charge in [0.2, 0.25) is 0 Å². The van der Waals surface area contributed by atoms with Gasteiger partial charge in [-0.2, -0.15) is 5.26 Å². The maximum Gasteiger partial charge on any atom is 0.0991 e. The third kappa shape index (κ3) is 2.10. The second-order valence-corrected chi connectivity index (χ2v) is 3.47. The third-order valence-corrected chi connectivity index (χ3v) is 2.42. The minimum atomic E-state index is -0.0604. The monoisotopic (exact) mass is 213 g/mol. The first-order valence-corrected chi connectivity index (χ1v) is 4.94. The van der Waals surface area contributed by atoms with Crippen LogP contribution in [0, 0.1) is 11.3 Å². The Bertz CT molecular complexity index is 508. The number of aliphatic hydroxyl groups excluding tert-OH is 1. The molecule has 2 aromatic rings. The summed E-state index contributed by atoms with van der Waals surface area (Å²) in [7, 11) is 0. The van der Waals surface area contributed by atoms with E-state index < -0.39 is 0 Å². The van der Waals surface area contributed by atoms with Gasteiger partial charge in [0.1, 0.15) is 0 Å². The van der Waals surface area contributed by atoms with Crippen LogP contribution in [0.5, 0.6) is 0 Å². The lowest BCUT2D eigenvalue weighted by atomic mass is 10.1. The zero-order valence-electron chi connectivity index (χ0n) is 8.64. The number of nitrogens with one attached hydrogen (secondary N) is 1. The lowest BCUT2D eigenvalue weighted by molar-refractivity contribution is 0.276. The van der Waals surface area contributed by atoms with E-state index in [0.29, 0.717) is 17.7 Å². The predicted octanol–water partition coefficient (Wildman–Crippen LogP) is 1.36. The van der Waals surface area contributed by atoms with Crippen LogP contribution in [0.1, 0.15) is 22.5 Å². The van der Waals surface area contributed by atoms with Crippen LogP contribution >= 0.6 is 0 Å². The highest BCUT2D eigenvalue weighted by molar-refractivity contribution is 5.33. The maximum atomic E-state index is 9.04. The minimum Gasteiger partial charge on any atom is -0.390 e. The van der Waals surface area contributed by atoms with Crippen molar-refractivity contribution in [2.24, 2.45) is 0 Å². The number of aromatic nitrogens is 2. The molecule has 0 saturated carbocycles. The van der Waals surface area contributed by atoms with E-state index in [9.17, 15) is 0 Å². The van der Waals surface area contributed by atoms with Crippen molar-refractivity contribution in [3.05, 3.63) is 53.1 Å². The first-order chi connectivity index (χ1) is 7.83. The summed E-state index contributed by atoms with van der Waals surface area (Å²) in [6.07, 6.45) is 2.26. The second-order valence-electron chi connectivity index (χ2n) is 3.47. The standard InChI is InChI=1S/C12H11N3O/c13-6-10-3-1-9(2-4-10)5-11-12(7-16)15-8-14-11/h1-4,8,16H,5,7H2,(H,14,15). The Hall–Kier alpha value is -2.12. The molecule has 0 spiro atoms. The second kappa shape index (κ2) is 4.60. The summed E-state index contributed by atoms with van der Waals surface area (Å²) in [5.74, 6) is 0. The average molecular weight is 213 g/mol. The normalized spacial score (nSPS) is 10.0. The van der Waals surface area contributed by atoms with E-state index >= 15 is 0 Å². The lowest BCUT2D eigenvalue weighted by Gasteiger charge is -2.01. The molecule has 2 N–H and O–H groups in total. The van der Waals surface area contributed by atoms with E-state index in [1.807, 2.05) is 12.1 Å². The molecule has 1 heterocycles. The molecule has 1 aromatic heterocycles. The highest BCUT2D eigenvalue weighted by Crippen LogP contribution is 2.11. The number of hydrogen-bond donors (Lipinski definition) is 2. The van der Waals surface area contributed by atoms with Crippen molar-refractivity contribution in [1.29, 1.82) is 5.26 Å². The van der Waals surface area contributed by atoms with Gasteiger partial charge in [0.05, 0.1) is 30.3 Å². The van der Waals surface area contributed by atoms with E-state index in [-0.39, 0.29) is 6.61 Å². The number of benzene rings is 1. The molecule has 0 radical (unpaired) electrons. The zero-order valence-corrected chi connectivity index (χ0v) is 8.64. The maximum absolute atomic E-state index is 9.04. The molecular weight excluding hydrogens is 202 g/mol. The fraction of sp³-hybridized carbons (Fsp3) is 0.167. The van der Waals surface area contributed by atoms with Crippen molar-refractivity contribution < 1.29 is 5.11 Å². The van der Waals surface area contributed by atoms with Crippen LogP contribution in [-0.4, -0.2) is 15.1 Å². The Balaban J connectivity index is 2.18. The summed E-state index contributed by atoms with van der Waals surface area (Å²) in [6.45, 7) is -0.0604. The van der Waals surface area contributed by atoms with Crippen molar-refractivity contribution in [3.8, 4) is 6.07 Å². The van der Waals surface area contributed by atoms with E-state index in [2.05, 4.69) is 16.0 Å². The van der Waals surface area contributed by atoms with Crippen molar-refractivity contribution in [1.82, 2.24) is 9.97 Å². The van der Waals surface area contributed by atoms with Crippen molar-refractivity contribution in [3.63, 3.8) is 0 Å². The van der Waals surface area contributed by atoms with E-state index in [0.717, 1.165) is 11.3 Å². The van der Waals surface area contributed by atoms with Crippen molar-refractivity contribution >= 4 is 0 Å². The molecule has 4 heteroatoms. The summed E-state index contributed by atoms with van der Waals surface area (Å²) in [5, 5.41) is 17.7. The largest absolute Gasteiger partial charge is 0.390 e. The summed E-state index contributed by atoms with van der Waals surface area (Å²) >= 11 is 0. The lowest BCUT2D eigenvalue weighted by Crippen LogP contribution is -1.94. The highest BCUT2D eigenvalue weighted by Gasteiger charge is 2.05. The smallest absolute Gasteiger partial charge is 0.0991 e. The van der Waals surface area contributed by atoms with Gasteiger partial charge in [-0.1, -0.05) is 12.1 Å². The number of aromatic amines is 1. The number of nitriles is 1. The molecule has 0 amide bonds. The fourth-order valence-corrected chi connectivity index (χ4v) is 1.54. The van der Waals surface area contributed by atoms with Crippen LogP contribution in [0.3, 0.4) is 0 Å². The number of rotatable bonds is 3. The quantitative estimate of drug-likeness (QED) is 0.808. The third-order valence-electron chi connectivity index (χ3n) is 2.42. The molecule has 0 aliphatic heterocycles. The summed E-state index contributed by atoms with van der Waals surface area (Å²) in [4.78, 5) is 7.00. The molecule has 80 valence electrons. The van der Waals surface area contributed by atoms with Gasteiger partial charge in [-0.05, 0) is 17.7 Å². The molecule has 0 atom stereocenters. The molecule has 0 aliphatic carbocycles. The molecular formula is C12H11N3O. The topological polar surface area (TPSA) is 72.7 Å². The van der Waals surface area contributed by atoms with Crippen LogP contribution in [0.2, 0.25) is 0 Å². The van der Waals surface area contributed by atoms with Crippen LogP contribution in [0.25, 0.3) is 0 Å². The zero-order chi connectivity index (χ0) is 11.4. The Morgan fingerprint density at radius 2 is 2.06 bits per heavy atom. The van der Waals surface area contributed by atoms with Crippen molar-refractivity contribution in [2.75, 3.05) is 0 Å². The first-order valence-electron chi connectivity index (χ1n) is 4.94. The average Bonchev–Trinajstić information content (AvgIpc) is 2.77. The Morgan fingerprint density at radius 1 is 1.31 bits per heavy atom. The molecule has 1 aromatic carbocycles. The molecule has 0 saturated heterocycles. The molecule has 0 fully saturated rings. The van der Waals surface area contributed by atoms with Gasteiger partial charge in [0, 0.05) is 12.1 Å².